The molecular formula is C56H81N9O12S. The van der Waals surface area contributed by atoms with Gasteiger partial charge in [0.05, 0.1) is 57.3 Å². The van der Waals surface area contributed by atoms with Gasteiger partial charge in [0.1, 0.15) is 17.0 Å². The molecule has 4 bridgehead atoms. The molecule has 1 aliphatic heterocycles. The Balaban J connectivity index is 0.954. The maximum Gasteiger partial charge on any atom is 0.330 e. The third kappa shape index (κ3) is 15.1. The molecule has 0 unspecified atom stereocenters. The van der Waals surface area contributed by atoms with E-state index in [2.05, 4.69) is 43.2 Å². The molecular weight excluding hydrogens is 1020 g/mol. The molecule has 0 radical (unpaired) electrons. The number of carbonyl (C=O) groups is 6. The molecule has 8 rings (SSSR count). The van der Waals surface area contributed by atoms with E-state index in [1.807, 2.05) is 29.2 Å². The van der Waals surface area contributed by atoms with Crippen molar-refractivity contribution in [3.8, 4) is 28.4 Å². The summed E-state index contributed by atoms with van der Waals surface area (Å²) in [5.41, 5.74) is 1.74. The molecule has 2 amide bonds. The van der Waals surface area contributed by atoms with Gasteiger partial charge in [0.25, 0.3) is 5.91 Å². The molecule has 5 N–H and O–H groups in total. The zero-order chi connectivity index (χ0) is 56.3. The van der Waals surface area contributed by atoms with Crippen LogP contribution in [0.3, 0.4) is 0 Å². The second kappa shape index (κ2) is 27.4. The number of ether oxygens (including phenoxy) is 2. The summed E-state index contributed by atoms with van der Waals surface area (Å²) in [6.07, 6.45) is 6.05. The molecule has 78 heavy (non-hydrogen) atoms. The number of aliphatic carboxylic acids is 4. The van der Waals surface area contributed by atoms with E-state index >= 15 is 0 Å². The van der Waals surface area contributed by atoms with Gasteiger partial charge in [-0.15, -0.1) is 11.8 Å². The number of aromatic nitrogens is 2. The Kier molecular flexibility index (Phi) is 21.0. The molecule has 3 aromatic rings. The van der Waals surface area contributed by atoms with Gasteiger partial charge in [-0.05, 0) is 142 Å². The fourth-order valence-corrected chi connectivity index (χ4v) is 13.3. The van der Waals surface area contributed by atoms with Crippen molar-refractivity contribution in [3.05, 3.63) is 53.7 Å². The second-order valence-corrected chi connectivity index (χ2v) is 23.3. The van der Waals surface area contributed by atoms with E-state index in [0.29, 0.717) is 93.5 Å². The number of hydrogen-bond acceptors (Lipinski definition) is 15. The summed E-state index contributed by atoms with van der Waals surface area (Å²) in [4.78, 5) is 88.5. The van der Waals surface area contributed by atoms with Gasteiger partial charge in [0.2, 0.25) is 5.91 Å². The molecule has 1 saturated heterocycles. The highest BCUT2D eigenvalue weighted by Crippen LogP contribution is 2.58. The maximum absolute atomic E-state index is 14.5. The minimum atomic E-state index is -1.34. The zero-order valence-electron chi connectivity index (χ0n) is 46.2. The summed E-state index contributed by atoms with van der Waals surface area (Å²) in [5.74, 6) is -1.83. The molecule has 2 aromatic carbocycles. The molecule has 0 atom stereocenters. The number of carboxylic acids is 4. The first-order valence-electron chi connectivity index (χ1n) is 27.4. The van der Waals surface area contributed by atoms with Crippen LogP contribution in [0, 0.1) is 23.7 Å². The molecule has 21 nitrogen and oxygen atoms in total. The number of likely N-dealkylation sites (N-methyl/N-ethyl adjacent to an activating group) is 1. The number of benzene rings is 2. The number of carboxylic acid groups (broad SMARTS) is 4. The van der Waals surface area contributed by atoms with Crippen molar-refractivity contribution in [2.45, 2.75) is 75.1 Å². The monoisotopic (exact) mass is 1100 g/mol. The second-order valence-electron chi connectivity index (χ2n) is 22.1. The van der Waals surface area contributed by atoms with Crippen LogP contribution in [0.25, 0.3) is 16.9 Å². The molecule has 4 saturated carbocycles. The van der Waals surface area contributed by atoms with Gasteiger partial charge >= 0.3 is 23.9 Å². The third-order valence-corrected chi connectivity index (χ3v) is 17.4. The molecule has 22 heteroatoms. The van der Waals surface area contributed by atoms with Crippen LogP contribution in [0.1, 0.15) is 80.8 Å². The highest BCUT2D eigenvalue weighted by molar-refractivity contribution is 7.99. The van der Waals surface area contributed by atoms with Crippen molar-refractivity contribution in [2.75, 3.05) is 132 Å². The normalized spacial score (nSPS) is 22.5. The Morgan fingerprint density at radius 2 is 1.19 bits per heavy atom. The highest BCUT2D eigenvalue weighted by Gasteiger charge is 2.62. The fourth-order valence-electron chi connectivity index (χ4n) is 12.5. The molecule has 2 heterocycles. The predicted molar refractivity (Wildman–Crippen MR) is 295 cm³/mol. The van der Waals surface area contributed by atoms with Gasteiger partial charge in [-0.2, -0.15) is 5.10 Å². The van der Waals surface area contributed by atoms with Crippen LogP contribution < -0.4 is 14.8 Å². The molecule has 0 spiro atoms. The van der Waals surface area contributed by atoms with Gasteiger partial charge in [0.15, 0.2) is 5.69 Å². The van der Waals surface area contributed by atoms with Gasteiger partial charge in [-0.3, -0.25) is 43.6 Å². The summed E-state index contributed by atoms with van der Waals surface area (Å²) in [6.45, 7) is 8.41. The van der Waals surface area contributed by atoms with Crippen molar-refractivity contribution in [1.29, 1.82) is 0 Å². The van der Waals surface area contributed by atoms with Crippen LogP contribution in [-0.4, -0.2) is 233 Å². The van der Waals surface area contributed by atoms with Crippen molar-refractivity contribution >= 4 is 47.5 Å². The molecule has 4 aliphatic carbocycles. The maximum atomic E-state index is 14.5. The van der Waals surface area contributed by atoms with E-state index in [0.717, 1.165) is 79.9 Å². The smallest absolute Gasteiger partial charge is 0.330 e. The first kappa shape index (κ1) is 59.9. The largest absolute Gasteiger partial charge is 0.496 e. The van der Waals surface area contributed by atoms with E-state index in [9.17, 15) is 49.2 Å². The van der Waals surface area contributed by atoms with Crippen molar-refractivity contribution in [1.82, 2.24) is 44.5 Å². The lowest BCUT2D eigenvalue weighted by molar-refractivity contribution is -0.163. The van der Waals surface area contributed by atoms with Crippen LogP contribution in [0.15, 0.2) is 47.4 Å². The Morgan fingerprint density at radius 1 is 0.692 bits per heavy atom. The van der Waals surface area contributed by atoms with E-state index in [1.54, 1.807) is 63.4 Å². The van der Waals surface area contributed by atoms with E-state index in [4.69, 9.17) is 14.6 Å². The minimum Gasteiger partial charge on any atom is -0.496 e. The Hall–Kier alpha value is -5.78. The van der Waals surface area contributed by atoms with E-state index < -0.39 is 35.3 Å². The van der Waals surface area contributed by atoms with Gasteiger partial charge in [-0.25, -0.2) is 9.48 Å². The number of methoxy groups -OCH3 is 2. The quantitative estimate of drug-likeness (QED) is 0.0582. The van der Waals surface area contributed by atoms with Crippen LogP contribution >= 0.6 is 11.8 Å². The van der Waals surface area contributed by atoms with Crippen LogP contribution in [0.2, 0.25) is 0 Å². The standard InChI is InChI=1S/C56H81N9O12S/c1-37(2)43-31-42(78-25-9-15-59(3)14-8-16-60(4)49(66)33-61-17-19-62(34-50(67)68)21-23-64(36-52(71)72)24-22-63(20-18-61)35-51(69)70)12-13-45(43)65-46(53-47(76-5)10-7-11-48(53)77-6)32-44(58-65)54(73)57-56(55(74)75)40-27-38-26-39(29-40)30-41(56)28-38/h7,10-13,31-32,37-41H,8-9,14-30,33-36H2,1-6H3,(H,57,73)(H,67,68)(H,69,70)(H,71,72)(H,74,75). The number of thioether (sulfide) groups is 1. The lowest BCUT2D eigenvalue weighted by atomic mass is 9.48. The Morgan fingerprint density at radius 3 is 1.67 bits per heavy atom. The van der Waals surface area contributed by atoms with Crippen molar-refractivity contribution in [2.24, 2.45) is 23.7 Å². The van der Waals surface area contributed by atoms with Gasteiger partial charge in [0, 0.05) is 70.8 Å². The topological polar surface area (TPSA) is 251 Å². The minimum absolute atomic E-state index is 0.0644. The highest BCUT2D eigenvalue weighted by atomic mass is 32.2. The van der Waals surface area contributed by atoms with Crippen LogP contribution in [0.5, 0.6) is 11.5 Å². The average Bonchev–Trinajstić information content (AvgIpc) is 3.85. The number of carbonyl (C=O) groups excluding carboxylic acids is 2. The van der Waals surface area contributed by atoms with Crippen molar-refractivity contribution in [3.63, 3.8) is 0 Å². The summed E-state index contributed by atoms with van der Waals surface area (Å²) in [5, 5.41) is 47.5. The number of nitrogens with zero attached hydrogens (tertiary/aromatic N) is 8. The molecule has 1 aromatic heterocycles. The zero-order valence-corrected chi connectivity index (χ0v) is 47.0. The van der Waals surface area contributed by atoms with Gasteiger partial charge in [-0.1, -0.05) is 19.9 Å². The van der Waals surface area contributed by atoms with Gasteiger partial charge < -0.3 is 45.0 Å². The van der Waals surface area contributed by atoms with E-state index in [1.165, 1.54) is 0 Å². The molecule has 5 aliphatic rings. The lowest BCUT2D eigenvalue weighted by Crippen LogP contribution is -2.70. The summed E-state index contributed by atoms with van der Waals surface area (Å²) >= 11 is 1.76. The first-order valence-corrected chi connectivity index (χ1v) is 28.4. The Bertz CT molecular complexity index is 2510. The van der Waals surface area contributed by atoms with Crippen LogP contribution in [-0.2, 0) is 24.0 Å². The SMILES string of the molecule is COc1cccc(OC)c1-c1cc(C(=O)NC2(C(=O)O)C3CC4CC(C3)CC2C4)nn1-c1ccc(SCCCN(C)CCCN(C)C(=O)CN2CCN(CC(=O)O)CCN(CC(=O)O)CCN(CC(=O)O)CC2)cc1C(C)C. The third-order valence-electron chi connectivity index (χ3n) is 16.4. The number of hydrogen-bond donors (Lipinski definition) is 5. The summed E-state index contributed by atoms with van der Waals surface area (Å²) in [6, 6.07) is 13.5. The lowest BCUT2D eigenvalue weighted by Gasteiger charge is -2.59. The first-order chi connectivity index (χ1) is 37.3. The average molecular weight is 1100 g/mol. The summed E-state index contributed by atoms with van der Waals surface area (Å²) in [7, 11) is 7.00. The predicted octanol–water partition coefficient (Wildman–Crippen LogP) is 4.43. The number of rotatable bonds is 25. The number of amides is 2. The molecule has 5 fully saturated rings. The Labute approximate surface area is 462 Å². The van der Waals surface area contributed by atoms with Crippen LogP contribution in [0.4, 0.5) is 0 Å². The van der Waals surface area contributed by atoms with E-state index in [-0.39, 0.29) is 55.5 Å². The fraction of sp³-hybridized carbons (Fsp3) is 0.625. The summed E-state index contributed by atoms with van der Waals surface area (Å²) < 4.78 is 13.5. The van der Waals surface area contributed by atoms with Crippen molar-refractivity contribution < 1.29 is 58.7 Å². The molecule has 428 valence electrons. The number of nitrogens with one attached hydrogen (secondary N) is 1.